The Morgan fingerprint density at radius 3 is 2.69 bits per heavy atom. The maximum Gasteiger partial charge on any atom is 0.240 e. The van der Waals surface area contributed by atoms with Gasteiger partial charge in [-0.05, 0) is 19.3 Å². The van der Waals surface area contributed by atoms with Crippen LogP contribution in [-0.4, -0.2) is 41.1 Å². The van der Waals surface area contributed by atoms with Gasteiger partial charge in [-0.25, -0.2) is 0 Å². The van der Waals surface area contributed by atoms with Gasteiger partial charge in [0.05, 0.1) is 12.6 Å². The van der Waals surface area contributed by atoms with Crippen molar-refractivity contribution in [2.45, 2.75) is 44.2 Å². The highest BCUT2D eigenvalue weighted by Crippen LogP contribution is 2.23. The van der Waals surface area contributed by atoms with E-state index in [4.69, 9.17) is 10.8 Å². The number of nitrogens with two attached hydrogens (primary N) is 1. The van der Waals surface area contributed by atoms with Gasteiger partial charge in [0.25, 0.3) is 0 Å². The lowest BCUT2D eigenvalue weighted by molar-refractivity contribution is -0.135. The van der Waals surface area contributed by atoms with Crippen LogP contribution in [0.5, 0.6) is 0 Å². The molecule has 0 saturated heterocycles. The highest BCUT2D eigenvalue weighted by molar-refractivity contribution is 5.82. The fourth-order valence-electron chi connectivity index (χ4n) is 2.29. The van der Waals surface area contributed by atoms with Crippen LogP contribution in [0, 0.1) is 0 Å². The van der Waals surface area contributed by atoms with E-state index < -0.39 is 6.04 Å². The fraction of sp³-hybridized carbons (Fsp3) is 0.750. The molecule has 1 atom stereocenters. The van der Waals surface area contributed by atoms with E-state index in [-0.39, 0.29) is 18.6 Å². The number of carbonyl (C=O) groups is 1. The Morgan fingerprint density at radius 1 is 1.56 bits per heavy atom. The third-order valence-corrected chi connectivity index (χ3v) is 3.13. The molecule has 1 aliphatic carbocycles. The van der Waals surface area contributed by atoms with Crippen LogP contribution < -0.4 is 5.73 Å². The number of carbonyl (C=O) groups excluding carboxylic acids is 1. The number of rotatable bonds is 6. The van der Waals surface area contributed by atoms with Crippen LogP contribution in [-0.2, 0) is 4.79 Å². The minimum Gasteiger partial charge on any atom is -0.395 e. The zero-order chi connectivity index (χ0) is 12.0. The molecule has 0 heterocycles. The first kappa shape index (κ1) is 13.2. The van der Waals surface area contributed by atoms with Gasteiger partial charge in [0.15, 0.2) is 0 Å². The van der Waals surface area contributed by atoms with Crippen molar-refractivity contribution in [1.29, 1.82) is 0 Å². The molecule has 0 aromatic rings. The van der Waals surface area contributed by atoms with Gasteiger partial charge in [0.1, 0.15) is 0 Å². The van der Waals surface area contributed by atoms with Crippen molar-refractivity contribution >= 4 is 5.91 Å². The lowest BCUT2D eigenvalue weighted by Gasteiger charge is -2.30. The molecule has 0 aliphatic heterocycles. The largest absolute Gasteiger partial charge is 0.395 e. The van der Waals surface area contributed by atoms with Crippen molar-refractivity contribution in [2.24, 2.45) is 5.73 Å². The molecule has 1 aliphatic rings. The summed E-state index contributed by atoms with van der Waals surface area (Å²) in [6.07, 6.45) is 6.55. The molecule has 1 saturated carbocycles. The Kier molecular flexibility index (Phi) is 5.49. The molecule has 0 aromatic carbocycles. The number of nitrogens with zero attached hydrogens (tertiary/aromatic N) is 1. The number of amides is 1. The third kappa shape index (κ3) is 3.32. The smallest absolute Gasteiger partial charge is 0.240 e. The highest BCUT2D eigenvalue weighted by atomic mass is 16.3. The fourth-order valence-corrected chi connectivity index (χ4v) is 2.29. The molecule has 1 fully saturated rings. The monoisotopic (exact) mass is 226 g/mol. The summed E-state index contributed by atoms with van der Waals surface area (Å²) < 4.78 is 0. The van der Waals surface area contributed by atoms with E-state index in [1.807, 2.05) is 0 Å². The second-order valence-electron chi connectivity index (χ2n) is 4.32. The second kappa shape index (κ2) is 6.66. The minimum atomic E-state index is -0.510. The highest BCUT2D eigenvalue weighted by Gasteiger charge is 2.28. The number of hydrogen-bond acceptors (Lipinski definition) is 3. The average molecular weight is 226 g/mol. The first-order valence-corrected chi connectivity index (χ1v) is 5.98. The van der Waals surface area contributed by atoms with Crippen molar-refractivity contribution < 1.29 is 9.90 Å². The Bertz CT molecular complexity index is 237. The summed E-state index contributed by atoms with van der Waals surface area (Å²) in [6, 6.07) is -0.236. The predicted molar refractivity (Wildman–Crippen MR) is 63.8 cm³/mol. The van der Waals surface area contributed by atoms with Crippen molar-refractivity contribution in [3.63, 3.8) is 0 Å². The zero-order valence-electron chi connectivity index (χ0n) is 9.77. The Labute approximate surface area is 97.1 Å². The van der Waals surface area contributed by atoms with Crippen LogP contribution >= 0.6 is 0 Å². The normalized spacial score (nSPS) is 18.4. The van der Waals surface area contributed by atoms with Crippen LogP contribution in [0.25, 0.3) is 0 Å². The molecule has 92 valence electrons. The van der Waals surface area contributed by atoms with Gasteiger partial charge in [-0.15, -0.1) is 6.58 Å². The lowest BCUT2D eigenvalue weighted by Crippen LogP contribution is -2.48. The van der Waals surface area contributed by atoms with Gasteiger partial charge in [-0.1, -0.05) is 18.9 Å². The standard InChI is InChI=1S/C12H22N2O2/c1-2-5-11(13)12(16)14(8-9-15)10-6-3-4-7-10/h2,10-11,15H,1,3-9,13H2. The summed E-state index contributed by atoms with van der Waals surface area (Å²) in [6.45, 7) is 3.99. The van der Waals surface area contributed by atoms with Crippen LogP contribution in [0.3, 0.4) is 0 Å². The molecule has 0 aromatic heterocycles. The van der Waals surface area contributed by atoms with Gasteiger partial charge in [-0.3, -0.25) is 4.79 Å². The van der Waals surface area contributed by atoms with E-state index in [0.717, 1.165) is 25.7 Å². The van der Waals surface area contributed by atoms with Crippen LogP contribution in [0.2, 0.25) is 0 Å². The van der Waals surface area contributed by atoms with E-state index in [1.165, 1.54) is 0 Å². The van der Waals surface area contributed by atoms with E-state index >= 15 is 0 Å². The number of aliphatic hydroxyl groups is 1. The van der Waals surface area contributed by atoms with Crippen molar-refractivity contribution in [3.8, 4) is 0 Å². The van der Waals surface area contributed by atoms with Crippen molar-refractivity contribution in [1.82, 2.24) is 4.90 Å². The Balaban J connectivity index is 2.60. The van der Waals surface area contributed by atoms with E-state index in [9.17, 15) is 4.79 Å². The van der Waals surface area contributed by atoms with Crippen LogP contribution in [0.15, 0.2) is 12.7 Å². The predicted octanol–water partition coefficient (Wildman–Crippen LogP) is 0.653. The van der Waals surface area contributed by atoms with E-state index in [2.05, 4.69) is 6.58 Å². The summed E-state index contributed by atoms with van der Waals surface area (Å²) in [5.74, 6) is -0.0548. The summed E-state index contributed by atoms with van der Waals surface area (Å²) in [5.41, 5.74) is 5.78. The van der Waals surface area contributed by atoms with Gasteiger partial charge in [0, 0.05) is 12.6 Å². The molecule has 1 unspecified atom stereocenters. The van der Waals surface area contributed by atoms with Gasteiger partial charge < -0.3 is 15.7 Å². The number of aliphatic hydroxyl groups excluding tert-OH is 1. The van der Waals surface area contributed by atoms with Gasteiger partial charge >= 0.3 is 0 Å². The van der Waals surface area contributed by atoms with E-state index in [1.54, 1.807) is 11.0 Å². The lowest BCUT2D eigenvalue weighted by atomic mass is 10.1. The van der Waals surface area contributed by atoms with Crippen LogP contribution in [0.4, 0.5) is 0 Å². The molecule has 0 radical (unpaired) electrons. The molecular formula is C12H22N2O2. The molecule has 1 amide bonds. The molecule has 4 nitrogen and oxygen atoms in total. The quantitative estimate of drug-likeness (QED) is 0.654. The summed E-state index contributed by atoms with van der Waals surface area (Å²) in [4.78, 5) is 13.8. The van der Waals surface area contributed by atoms with E-state index in [0.29, 0.717) is 13.0 Å². The first-order valence-electron chi connectivity index (χ1n) is 5.98. The zero-order valence-corrected chi connectivity index (χ0v) is 9.77. The number of hydrogen-bond donors (Lipinski definition) is 2. The summed E-state index contributed by atoms with van der Waals surface area (Å²) >= 11 is 0. The SMILES string of the molecule is C=CCC(N)C(=O)N(CCO)C1CCCC1. The molecule has 0 spiro atoms. The topological polar surface area (TPSA) is 66.6 Å². The van der Waals surface area contributed by atoms with Crippen molar-refractivity contribution in [3.05, 3.63) is 12.7 Å². The Hall–Kier alpha value is -0.870. The maximum absolute atomic E-state index is 12.1. The molecule has 16 heavy (non-hydrogen) atoms. The summed E-state index contributed by atoms with van der Waals surface area (Å²) in [5, 5.41) is 9.00. The molecule has 1 rings (SSSR count). The first-order chi connectivity index (χ1) is 7.70. The Morgan fingerprint density at radius 2 is 2.19 bits per heavy atom. The van der Waals surface area contributed by atoms with Gasteiger partial charge in [0.2, 0.25) is 5.91 Å². The maximum atomic E-state index is 12.1. The average Bonchev–Trinajstić information content (AvgIpc) is 2.78. The van der Waals surface area contributed by atoms with Crippen molar-refractivity contribution in [2.75, 3.05) is 13.2 Å². The van der Waals surface area contributed by atoms with Gasteiger partial charge in [-0.2, -0.15) is 0 Å². The summed E-state index contributed by atoms with van der Waals surface area (Å²) in [7, 11) is 0. The third-order valence-electron chi connectivity index (χ3n) is 3.13. The molecule has 4 heteroatoms. The molecule has 3 N–H and O–H groups in total. The van der Waals surface area contributed by atoms with Crippen LogP contribution in [0.1, 0.15) is 32.1 Å². The molecule has 0 bridgehead atoms. The second-order valence-corrected chi connectivity index (χ2v) is 4.32. The molecular weight excluding hydrogens is 204 g/mol. The minimum absolute atomic E-state index is 0.00303.